The maximum absolute atomic E-state index is 11.0. The lowest BCUT2D eigenvalue weighted by molar-refractivity contribution is -0.116. The fraction of sp³-hybridized carbons (Fsp3) is 0.0909. The first kappa shape index (κ1) is 13.1. The van der Waals surface area contributed by atoms with Gasteiger partial charge in [0.15, 0.2) is 5.17 Å². The number of carboxylic acids is 2. The van der Waals surface area contributed by atoms with E-state index in [-0.39, 0.29) is 28.5 Å². The normalized spacial score (nSPS) is 16.4. The fourth-order valence-corrected chi connectivity index (χ4v) is 2.12. The number of hydrogen-bond donors (Lipinski definition) is 3. The molecule has 0 radical (unpaired) electrons. The van der Waals surface area contributed by atoms with Crippen molar-refractivity contribution in [3.63, 3.8) is 0 Å². The van der Waals surface area contributed by atoms with E-state index in [4.69, 9.17) is 10.2 Å². The first-order valence-electron chi connectivity index (χ1n) is 5.09. The van der Waals surface area contributed by atoms with Crippen molar-refractivity contribution < 1.29 is 24.6 Å². The molecule has 0 aliphatic carbocycles. The van der Waals surface area contributed by atoms with Crippen LogP contribution in [0.3, 0.4) is 0 Å². The van der Waals surface area contributed by atoms with Crippen LogP contribution in [0.15, 0.2) is 23.2 Å². The van der Waals surface area contributed by atoms with E-state index in [2.05, 4.69) is 10.3 Å². The monoisotopic (exact) mass is 280 g/mol. The second-order valence-corrected chi connectivity index (χ2v) is 4.60. The summed E-state index contributed by atoms with van der Waals surface area (Å²) in [5.41, 5.74) is -0.177. The van der Waals surface area contributed by atoms with Crippen molar-refractivity contribution in [1.82, 2.24) is 5.32 Å². The van der Waals surface area contributed by atoms with Crippen LogP contribution < -0.4 is 5.32 Å². The van der Waals surface area contributed by atoms with Gasteiger partial charge in [-0.2, -0.15) is 0 Å². The number of aromatic carboxylic acids is 2. The summed E-state index contributed by atoms with van der Waals surface area (Å²) < 4.78 is 0. The number of carbonyl (C=O) groups is 3. The number of carboxylic acid groups (broad SMARTS) is 2. The lowest BCUT2D eigenvalue weighted by Gasteiger charge is -2.02. The highest BCUT2D eigenvalue weighted by atomic mass is 32.2. The molecule has 0 unspecified atom stereocenters. The van der Waals surface area contributed by atoms with Crippen LogP contribution in [0.5, 0.6) is 0 Å². The number of benzene rings is 1. The van der Waals surface area contributed by atoms with Crippen LogP contribution in [0.1, 0.15) is 20.7 Å². The largest absolute Gasteiger partial charge is 0.478 e. The number of amidine groups is 1. The molecule has 0 spiro atoms. The lowest BCUT2D eigenvalue weighted by atomic mass is 10.1. The summed E-state index contributed by atoms with van der Waals surface area (Å²) in [6.07, 6.45) is 0. The quantitative estimate of drug-likeness (QED) is 0.758. The highest BCUT2D eigenvalue weighted by Gasteiger charge is 2.17. The third-order valence-corrected chi connectivity index (χ3v) is 3.10. The molecule has 3 N–H and O–H groups in total. The lowest BCUT2D eigenvalue weighted by Crippen LogP contribution is -2.19. The van der Waals surface area contributed by atoms with Crippen LogP contribution in [-0.4, -0.2) is 39.0 Å². The number of thioether (sulfide) groups is 1. The molecule has 1 aromatic rings. The van der Waals surface area contributed by atoms with Gasteiger partial charge < -0.3 is 15.5 Å². The van der Waals surface area contributed by atoms with Crippen LogP contribution in [0.4, 0.5) is 5.69 Å². The van der Waals surface area contributed by atoms with Gasteiger partial charge in [-0.15, -0.1) is 0 Å². The van der Waals surface area contributed by atoms with E-state index in [1.807, 2.05) is 0 Å². The summed E-state index contributed by atoms with van der Waals surface area (Å²) >= 11 is 1.17. The SMILES string of the molecule is O=C1CSC(=Nc2cc(C(=O)O)cc(C(=O)O)c2)N1. The van der Waals surface area contributed by atoms with Crippen molar-refractivity contribution >= 4 is 40.5 Å². The summed E-state index contributed by atoms with van der Waals surface area (Å²) in [7, 11) is 0. The summed E-state index contributed by atoms with van der Waals surface area (Å²) in [5, 5.41) is 20.6. The smallest absolute Gasteiger partial charge is 0.335 e. The third-order valence-electron chi connectivity index (χ3n) is 2.23. The Labute approximate surface area is 111 Å². The molecule has 0 bridgehead atoms. The maximum Gasteiger partial charge on any atom is 0.335 e. The molecule has 2 rings (SSSR count). The van der Waals surface area contributed by atoms with E-state index < -0.39 is 11.9 Å². The zero-order valence-electron chi connectivity index (χ0n) is 9.41. The minimum atomic E-state index is -1.24. The molecule has 19 heavy (non-hydrogen) atoms. The molecule has 0 atom stereocenters. The van der Waals surface area contributed by atoms with Gasteiger partial charge in [-0.3, -0.25) is 4.79 Å². The number of aliphatic imine (C=N–C) groups is 1. The minimum Gasteiger partial charge on any atom is -0.478 e. The second-order valence-electron chi connectivity index (χ2n) is 3.63. The van der Waals surface area contributed by atoms with Gasteiger partial charge in [0.1, 0.15) is 0 Å². The van der Waals surface area contributed by atoms with Crippen molar-refractivity contribution in [1.29, 1.82) is 0 Å². The van der Waals surface area contributed by atoms with Gasteiger partial charge in [0.25, 0.3) is 0 Å². The van der Waals surface area contributed by atoms with E-state index >= 15 is 0 Å². The molecular formula is C11H8N2O5S. The highest BCUT2D eigenvalue weighted by Crippen LogP contribution is 2.21. The standard InChI is InChI=1S/C11H8N2O5S/c14-8-4-19-11(13-8)12-7-2-5(9(15)16)1-6(3-7)10(17)18/h1-3H,4H2,(H,15,16)(H,17,18)(H,12,13,14). The molecule has 1 heterocycles. The molecule has 98 valence electrons. The van der Waals surface area contributed by atoms with E-state index in [0.717, 1.165) is 6.07 Å². The van der Waals surface area contributed by atoms with Crippen LogP contribution in [0, 0.1) is 0 Å². The number of nitrogens with zero attached hydrogens (tertiary/aromatic N) is 1. The Kier molecular flexibility index (Phi) is 3.52. The van der Waals surface area contributed by atoms with Crippen molar-refractivity contribution in [3.05, 3.63) is 29.3 Å². The van der Waals surface area contributed by atoms with Gasteiger partial charge in [-0.05, 0) is 18.2 Å². The topological polar surface area (TPSA) is 116 Å². The first-order chi connectivity index (χ1) is 8.95. The second kappa shape index (κ2) is 5.11. The Balaban J connectivity index is 2.42. The number of amides is 1. The zero-order valence-corrected chi connectivity index (χ0v) is 10.2. The van der Waals surface area contributed by atoms with Gasteiger partial charge in [-0.25, -0.2) is 14.6 Å². The van der Waals surface area contributed by atoms with Crippen molar-refractivity contribution in [3.8, 4) is 0 Å². The van der Waals surface area contributed by atoms with Gasteiger partial charge >= 0.3 is 11.9 Å². The summed E-state index contributed by atoms with van der Waals surface area (Å²) in [4.78, 5) is 36.8. The van der Waals surface area contributed by atoms with Crippen LogP contribution in [0.2, 0.25) is 0 Å². The Morgan fingerprint density at radius 2 is 1.74 bits per heavy atom. The molecule has 7 nitrogen and oxygen atoms in total. The number of rotatable bonds is 3. The predicted octanol–water partition coefficient (Wildman–Crippen LogP) is 0.933. The van der Waals surface area contributed by atoms with E-state index in [1.54, 1.807) is 0 Å². The van der Waals surface area contributed by atoms with Crippen LogP contribution >= 0.6 is 11.8 Å². The molecular weight excluding hydrogens is 272 g/mol. The van der Waals surface area contributed by atoms with Crippen molar-refractivity contribution in [2.45, 2.75) is 0 Å². The molecule has 0 saturated carbocycles. The third kappa shape index (κ3) is 3.10. The van der Waals surface area contributed by atoms with Crippen molar-refractivity contribution in [2.75, 3.05) is 5.75 Å². The number of hydrogen-bond acceptors (Lipinski definition) is 5. The zero-order chi connectivity index (χ0) is 14.0. The molecule has 1 aliphatic heterocycles. The van der Waals surface area contributed by atoms with Gasteiger partial charge in [0.05, 0.1) is 22.6 Å². The molecule has 1 aromatic carbocycles. The average Bonchev–Trinajstić information content (AvgIpc) is 2.74. The van der Waals surface area contributed by atoms with E-state index in [1.165, 1.54) is 23.9 Å². The fourth-order valence-electron chi connectivity index (χ4n) is 1.43. The average molecular weight is 280 g/mol. The molecule has 8 heteroatoms. The molecule has 1 aliphatic rings. The molecule has 1 fully saturated rings. The van der Waals surface area contributed by atoms with Gasteiger partial charge in [0, 0.05) is 0 Å². The molecule has 1 saturated heterocycles. The van der Waals surface area contributed by atoms with Gasteiger partial charge in [-0.1, -0.05) is 11.8 Å². The Hall–Kier alpha value is -2.35. The predicted molar refractivity (Wildman–Crippen MR) is 68.1 cm³/mol. The summed E-state index contributed by atoms with van der Waals surface area (Å²) in [6, 6.07) is 3.54. The highest BCUT2D eigenvalue weighted by molar-refractivity contribution is 8.15. The van der Waals surface area contributed by atoms with Gasteiger partial charge in [0.2, 0.25) is 5.91 Å². The summed E-state index contributed by atoms with van der Waals surface area (Å²) in [5.74, 6) is -2.44. The Morgan fingerprint density at radius 1 is 1.16 bits per heavy atom. The van der Waals surface area contributed by atoms with Crippen LogP contribution in [0.25, 0.3) is 0 Å². The maximum atomic E-state index is 11.0. The van der Waals surface area contributed by atoms with E-state index in [9.17, 15) is 14.4 Å². The first-order valence-corrected chi connectivity index (χ1v) is 6.07. The Bertz CT molecular complexity index is 579. The number of nitrogens with one attached hydrogen (secondary N) is 1. The summed E-state index contributed by atoms with van der Waals surface area (Å²) in [6.45, 7) is 0. The van der Waals surface area contributed by atoms with E-state index in [0.29, 0.717) is 5.17 Å². The van der Waals surface area contributed by atoms with Crippen molar-refractivity contribution in [2.24, 2.45) is 4.99 Å². The number of carbonyl (C=O) groups excluding carboxylic acids is 1. The molecule has 0 aromatic heterocycles. The van der Waals surface area contributed by atoms with Crippen LogP contribution in [-0.2, 0) is 4.79 Å². The minimum absolute atomic E-state index is 0.169. The Morgan fingerprint density at radius 3 is 2.16 bits per heavy atom. The molecule has 1 amide bonds.